The minimum Gasteiger partial charge on any atom is -0.257 e. The molecule has 0 aliphatic carbocycles. The van der Waals surface area contributed by atoms with Gasteiger partial charge in [0.05, 0.1) is 28.8 Å². The summed E-state index contributed by atoms with van der Waals surface area (Å²) in [6, 6.07) is 12.3. The summed E-state index contributed by atoms with van der Waals surface area (Å²) >= 11 is 0. The van der Waals surface area contributed by atoms with E-state index in [0.717, 1.165) is 16.8 Å². The number of rotatable bonds is 4. The molecular weight excluding hydrogens is 398 g/mol. The molecule has 152 valence electrons. The topological polar surface area (TPSA) is 56.5 Å². The summed E-state index contributed by atoms with van der Waals surface area (Å²) in [5.74, 6) is -2.69. The van der Waals surface area contributed by atoms with Crippen molar-refractivity contribution in [3.05, 3.63) is 90.0 Å². The van der Waals surface area contributed by atoms with Gasteiger partial charge in [0.1, 0.15) is 5.82 Å². The number of pyridine rings is 3. The van der Waals surface area contributed by atoms with E-state index in [4.69, 9.17) is 0 Å². The van der Waals surface area contributed by atoms with Gasteiger partial charge in [0.25, 0.3) is 6.08 Å². The van der Waals surface area contributed by atoms with Crippen molar-refractivity contribution >= 4 is 0 Å². The minimum atomic E-state index is -1.02. The van der Waals surface area contributed by atoms with Crippen LogP contribution in [-0.4, -0.2) is 24.5 Å². The number of nitrogens with zero attached hydrogens (tertiary/aromatic N) is 5. The molecule has 4 heterocycles. The van der Waals surface area contributed by atoms with Gasteiger partial charge in [-0.25, -0.2) is 4.98 Å². The predicted molar refractivity (Wildman–Crippen MR) is 101 cm³/mol. The van der Waals surface area contributed by atoms with Crippen molar-refractivity contribution in [1.29, 1.82) is 0 Å². The Labute approximate surface area is 169 Å². The standard InChI is InChI=1S/C21H15F4N5/c1-21(2,15-7-4-8-18(27-15)30-11-17(23)29-20(30)25)14-6-3-5-13(26-14)12-9-10-16(22)28-19(12)24/h3-11H,1-2H3. The van der Waals surface area contributed by atoms with E-state index < -0.39 is 29.3 Å². The maximum Gasteiger partial charge on any atom is 0.297 e. The molecule has 4 aromatic heterocycles. The molecule has 0 atom stereocenters. The van der Waals surface area contributed by atoms with Crippen LogP contribution >= 0.6 is 0 Å². The SMILES string of the molecule is CC(C)(c1cccc(-c2ccc(F)nc2F)n1)c1cccc(-n2cc(F)nc2F)n1. The molecule has 0 bridgehead atoms. The number of aromatic nitrogens is 5. The van der Waals surface area contributed by atoms with Crippen molar-refractivity contribution in [2.45, 2.75) is 19.3 Å². The number of halogens is 4. The average Bonchev–Trinajstić information content (AvgIpc) is 3.06. The zero-order valence-corrected chi connectivity index (χ0v) is 15.9. The Bertz CT molecular complexity index is 1240. The molecule has 0 N–H and O–H groups in total. The summed E-state index contributed by atoms with van der Waals surface area (Å²) in [7, 11) is 0. The number of imidazole rings is 1. The third-order valence-electron chi connectivity index (χ3n) is 4.74. The molecule has 0 saturated carbocycles. The molecule has 0 fully saturated rings. The van der Waals surface area contributed by atoms with Crippen LogP contribution in [0.25, 0.3) is 17.1 Å². The molecule has 4 aromatic rings. The zero-order valence-electron chi connectivity index (χ0n) is 15.9. The Hall–Kier alpha value is -3.62. The van der Waals surface area contributed by atoms with Gasteiger partial charge in [-0.15, -0.1) is 0 Å². The summed E-state index contributed by atoms with van der Waals surface area (Å²) in [6.07, 6.45) is -0.119. The maximum absolute atomic E-state index is 14.1. The summed E-state index contributed by atoms with van der Waals surface area (Å²) in [5.41, 5.74) is 0.642. The third-order valence-corrected chi connectivity index (χ3v) is 4.74. The Morgan fingerprint density at radius 1 is 0.733 bits per heavy atom. The quantitative estimate of drug-likeness (QED) is 0.362. The van der Waals surface area contributed by atoms with E-state index in [0.29, 0.717) is 11.4 Å². The smallest absolute Gasteiger partial charge is 0.257 e. The van der Waals surface area contributed by atoms with Gasteiger partial charge in [-0.3, -0.25) is 9.55 Å². The highest BCUT2D eigenvalue weighted by atomic mass is 19.2. The van der Waals surface area contributed by atoms with E-state index in [1.165, 1.54) is 12.1 Å². The van der Waals surface area contributed by atoms with Crippen LogP contribution in [0.2, 0.25) is 0 Å². The Balaban J connectivity index is 1.76. The lowest BCUT2D eigenvalue weighted by atomic mass is 9.84. The highest BCUT2D eigenvalue weighted by molar-refractivity contribution is 5.59. The van der Waals surface area contributed by atoms with Crippen molar-refractivity contribution < 1.29 is 17.6 Å². The average molecular weight is 413 g/mol. The Kier molecular flexibility index (Phi) is 4.81. The van der Waals surface area contributed by atoms with Crippen molar-refractivity contribution in [3.63, 3.8) is 0 Å². The van der Waals surface area contributed by atoms with Gasteiger partial charge >= 0.3 is 0 Å². The third kappa shape index (κ3) is 3.54. The van der Waals surface area contributed by atoms with Crippen LogP contribution in [0.3, 0.4) is 0 Å². The molecule has 4 rings (SSSR count). The first-order chi connectivity index (χ1) is 14.3. The molecular formula is C21H15F4N5. The van der Waals surface area contributed by atoms with Crippen LogP contribution in [-0.2, 0) is 5.41 Å². The second-order valence-electron chi connectivity index (χ2n) is 7.09. The molecule has 0 amide bonds. The molecule has 0 radical (unpaired) electrons. The van der Waals surface area contributed by atoms with Crippen LogP contribution in [0.5, 0.6) is 0 Å². The van der Waals surface area contributed by atoms with Crippen molar-refractivity contribution in [2.75, 3.05) is 0 Å². The van der Waals surface area contributed by atoms with E-state index in [9.17, 15) is 17.6 Å². The zero-order chi connectivity index (χ0) is 21.5. The number of hydrogen-bond donors (Lipinski definition) is 0. The first kappa shape index (κ1) is 19.7. The van der Waals surface area contributed by atoms with Crippen LogP contribution in [0.1, 0.15) is 25.2 Å². The maximum atomic E-state index is 14.1. The molecule has 0 unspecified atom stereocenters. The first-order valence-electron chi connectivity index (χ1n) is 8.94. The lowest BCUT2D eigenvalue weighted by molar-refractivity contribution is 0.500. The second-order valence-corrected chi connectivity index (χ2v) is 7.09. The van der Waals surface area contributed by atoms with Crippen LogP contribution < -0.4 is 0 Å². The molecule has 9 heteroatoms. The van der Waals surface area contributed by atoms with Crippen LogP contribution in [0.4, 0.5) is 17.6 Å². The van der Waals surface area contributed by atoms with E-state index in [1.807, 2.05) is 13.8 Å². The summed E-state index contributed by atoms with van der Waals surface area (Å²) in [6.45, 7) is 3.69. The van der Waals surface area contributed by atoms with Crippen molar-refractivity contribution in [3.8, 4) is 17.1 Å². The van der Waals surface area contributed by atoms with Crippen LogP contribution in [0.15, 0.2) is 54.7 Å². The van der Waals surface area contributed by atoms with Gasteiger partial charge in [-0.1, -0.05) is 12.1 Å². The van der Waals surface area contributed by atoms with E-state index >= 15 is 0 Å². The molecule has 30 heavy (non-hydrogen) atoms. The highest BCUT2D eigenvalue weighted by Gasteiger charge is 2.28. The van der Waals surface area contributed by atoms with E-state index in [1.54, 1.807) is 30.3 Å². The molecule has 5 nitrogen and oxygen atoms in total. The van der Waals surface area contributed by atoms with Gasteiger partial charge in [0, 0.05) is 5.41 Å². The van der Waals surface area contributed by atoms with Gasteiger partial charge in [0.2, 0.25) is 17.8 Å². The fourth-order valence-electron chi connectivity index (χ4n) is 3.06. The Morgan fingerprint density at radius 3 is 2.10 bits per heavy atom. The monoisotopic (exact) mass is 413 g/mol. The fraction of sp³-hybridized carbons (Fsp3) is 0.143. The highest BCUT2D eigenvalue weighted by Crippen LogP contribution is 2.31. The first-order valence-corrected chi connectivity index (χ1v) is 8.94. The van der Waals surface area contributed by atoms with Crippen LogP contribution in [0, 0.1) is 23.9 Å². The summed E-state index contributed by atoms with van der Waals surface area (Å²) < 4.78 is 55.2. The van der Waals surface area contributed by atoms with Crippen molar-refractivity contribution in [2.24, 2.45) is 0 Å². The second kappa shape index (κ2) is 7.33. The number of hydrogen-bond acceptors (Lipinski definition) is 4. The summed E-state index contributed by atoms with van der Waals surface area (Å²) in [5, 5.41) is 0. The summed E-state index contributed by atoms with van der Waals surface area (Å²) in [4.78, 5) is 15.2. The minimum absolute atomic E-state index is 0.0618. The van der Waals surface area contributed by atoms with Crippen molar-refractivity contribution in [1.82, 2.24) is 24.5 Å². The predicted octanol–water partition coefficient (Wildman–Crippen LogP) is 4.61. The normalized spacial score (nSPS) is 11.7. The fourth-order valence-corrected chi connectivity index (χ4v) is 3.06. The van der Waals surface area contributed by atoms with Gasteiger partial charge in [0.15, 0.2) is 0 Å². The molecule has 0 spiro atoms. The molecule has 0 aliphatic heterocycles. The van der Waals surface area contributed by atoms with Gasteiger partial charge in [-0.05, 0) is 50.2 Å². The largest absolute Gasteiger partial charge is 0.297 e. The Morgan fingerprint density at radius 2 is 1.43 bits per heavy atom. The van der Waals surface area contributed by atoms with Gasteiger partial charge in [-0.2, -0.15) is 27.5 Å². The van der Waals surface area contributed by atoms with E-state index in [2.05, 4.69) is 19.9 Å². The lowest BCUT2D eigenvalue weighted by Crippen LogP contribution is -2.23. The molecule has 0 aliphatic rings. The molecule has 0 saturated heterocycles. The van der Waals surface area contributed by atoms with Gasteiger partial charge < -0.3 is 0 Å². The lowest BCUT2D eigenvalue weighted by Gasteiger charge is -2.24. The molecule has 0 aromatic carbocycles. The van der Waals surface area contributed by atoms with E-state index in [-0.39, 0.29) is 17.1 Å².